The Morgan fingerprint density at radius 1 is 1.08 bits per heavy atom. The molecule has 2 N–H and O–H groups in total. The van der Waals surface area contributed by atoms with Crippen LogP contribution in [0.4, 0.5) is 9.52 Å². The third-order valence-corrected chi connectivity index (χ3v) is 4.97. The van der Waals surface area contributed by atoms with E-state index in [9.17, 15) is 9.18 Å². The number of hydrogen-bond acceptors (Lipinski definition) is 4. The normalized spacial score (nSPS) is 10.8. The number of benzene rings is 3. The van der Waals surface area contributed by atoms with E-state index < -0.39 is 0 Å². The second-order valence-electron chi connectivity index (χ2n) is 5.57. The number of anilines is 1. The van der Waals surface area contributed by atoms with Crippen LogP contribution in [0.25, 0.3) is 21.0 Å². The third-order valence-electron chi connectivity index (χ3n) is 3.83. The van der Waals surface area contributed by atoms with E-state index in [1.165, 1.54) is 23.5 Å². The van der Waals surface area contributed by atoms with E-state index in [1.807, 2.05) is 36.4 Å². The summed E-state index contributed by atoms with van der Waals surface area (Å²) in [5, 5.41) is 8.02. The Labute approximate surface area is 157 Å². The number of amides is 1. The molecule has 0 unspecified atom stereocenters. The molecule has 128 valence electrons. The number of thiocarbonyl (C=S) groups is 1. The van der Waals surface area contributed by atoms with Gasteiger partial charge in [-0.1, -0.05) is 47.7 Å². The molecule has 7 heteroatoms. The molecule has 0 radical (unpaired) electrons. The number of nitrogens with zero attached hydrogens (tertiary/aromatic N) is 1. The zero-order valence-corrected chi connectivity index (χ0v) is 15.0. The summed E-state index contributed by atoms with van der Waals surface area (Å²) in [6.45, 7) is 0. The highest BCUT2D eigenvalue weighted by Crippen LogP contribution is 2.26. The van der Waals surface area contributed by atoms with E-state index in [2.05, 4.69) is 15.6 Å². The molecule has 4 nitrogen and oxygen atoms in total. The molecule has 0 aliphatic rings. The highest BCUT2D eigenvalue weighted by Gasteiger charge is 2.12. The average molecular weight is 381 g/mol. The van der Waals surface area contributed by atoms with Crippen molar-refractivity contribution >= 4 is 60.7 Å². The lowest BCUT2D eigenvalue weighted by Crippen LogP contribution is -2.34. The van der Waals surface area contributed by atoms with Crippen molar-refractivity contribution in [2.45, 2.75) is 0 Å². The summed E-state index contributed by atoms with van der Waals surface area (Å²) < 4.78 is 14.0. The van der Waals surface area contributed by atoms with Gasteiger partial charge in [-0.3, -0.25) is 10.1 Å². The Morgan fingerprint density at radius 3 is 2.77 bits per heavy atom. The molecule has 3 aromatic carbocycles. The molecule has 0 aliphatic heterocycles. The number of carbonyl (C=O) groups excluding carboxylic acids is 1. The van der Waals surface area contributed by atoms with Crippen molar-refractivity contribution in [1.29, 1.82) is 0 Å². The second-order valence-corrected chi connectivity index (χ2v) is 7.00. The highest BCUT2D eigenvalue weighted by atomic mass is 32.1. The quantitative estimate of drug-likeness (QED) is 0.494. The molecule has 0 bridgehead atoms. The lowest BCUT2D eigenvalue weighted by molar-refractivity contribution is 0.0979. The second kappa shape index (κ2) is 6.78. The molecule has 1 heterocycles. The maximum atomic E-state index is 13.3. The van der Waals surface area contributed by atoms with Crippen LogP contribution in [0.5, 0.6) is 0 Å². The Morgan fingerprint density at radius 2 is 1.88 bits per heavy atom. The zero-order chi connectivity index (χ0) is 18.1. The van der Waals surface area contributed by atoms with E-state index in [0.717, 1.165) is 10.8 Å². The first kappa shape index (κ1) is 16.6. The molecule has 0 fully saturated rings. The third kappa shape index (κ3) is 3.26. The van der Waals surface area contributed by atoms with Crippen LogP contribution in [0.2, 0.25) is 0 Å². The Bertz CT molecular complexity index is 1150. The fourth-order valence-corrected chi connectivity index (χ4v) is 3.82. The van der Waals surface area contributed by atoms with Crippen LogP contribution in [0.3, 0.4) is 0 Å². The molecular formula is C19H12FN3OS2. The van der Waals surface area contributed by atoms with Crippen molar-refractivity contribution in [2.75, 3.05) is 5.32 Å². The molecule has 0 saturated carbocycles. The van der Waals surface area contributed by atoms with Crippen molar-refractivity contribution in [3.8, 4) is 0 Å². The summed E-state index contributed by atoms with van der Waals surface area (Å²) in [6, 6.07) is 17.5. The fourth-order valence-electron chi connectivity index (χ4n) is 2.67. The standard InChI is InChI=1S/C19H12FN3OS2/c20-12-8-9-15-16(10-12)26-19(21-15)23-18(25)22-17(24)14-7-3-5-11-4-1-2-6-13(11)14/h1-10H,(H2,21,22,23,24,25). The maximum Gasteiger partial charge on any atom is 0.258 e. The van der Waals surface area contributed by atoms with Crippen LogP contribution in [-0.4, -0.2) is 16.0 Å². The van der Waals surface area contributed by atoms with Gasteiger partial charge >= 0.3 is 0 Å². The number of thiazole rings is 1. The van der Waals surface area contributed by atoms with Crippen molar-refractivity contribution in [3.05, 3.63) is 72.0 Å². The van der Waals surface area contributed by atoms with Gasteiger partial charge in [0.15, 0.2) is 10.2 Å². The van der Waals surface area contributed by atoms with Crippen LogP contribution < -0.4 is 10.6 Å². The van der Waals surface area contributed by atoms with Crippen LogP contribution >= 0.6 is 23.6 Å². The molecule has 4 aromatic rings. The predicted molar refractivity (Wildman–Crippen MR) is 107 cm³/mol. The van der Waals surface area contributed by atoms with E-state index in [-0.39, 0.29) is 16.8 Å². The Balaban J connectivity index is 1.52. The summed E-state index contributed by atoms with van der Waals surface area (Å²) in [7, 11) is 0. The highest BCUT2D eigenvalue weighted by molar-refractivity contribution is 7.80. The smallest absolute Gasteiger partial charge is 0.258 e. The monoisotopic (exact) mass is 381 g/mol. The first-order chi connectivity index (χ1) is 12.6. The van der Waals surface area contributed by atoms with Gasteiger partial charge in [-0.15, -0.1) is 0 Å². The molecular weight excluding hydrogens is 369 g/mol. The minimum atomic E-state index is -0.320. The van der Waals surface area contributed by atoms with Gasteiger partial charge in [0.25, 0.3) is 5.91 Å². The number of aromatic nitrogens is 1. The van der Waals surface area contributed by atoms with Crippen molar-refractivity contribution in [3.63, 3.8) is 0 Å². The van der Waals surface area contributed by atoms with Crippen molar-refractivity contribution in [2.24, 2.45) is 0 Å². The number of halogens is 1. The summed E-state index contributed by atoms with van der Waals surface area (Å²) in [5.74, 6) is -0.619. The molecule has 0 aliphatic carbocycles. The first-order valence-electron chi connectivity index (χ1n) is 7.76. The van der Waals surface area contributed by atoms with Crippen molar-refractivity contribution in [1.82, 2.24) is 10.3 Å². The summed E-state index contributed by atoms with van der Waals surface area (Å²) in [6.07, 6.45) is 0. The van der Waals surface area contributed by atoms with Crippen LogP contribution in [0.15, 0.2) is 60.7 Å². The van der Waals surface area contributed by atoms with E-state index >= 15 is 0 Å². The summed E-state index contributed by atoms with van der Waals surface area (Å²) >= 11 is 6.48. The summed E-state index contributed by atoms with van der Waals surface area (Å²) in [4.78, 5) is 16.9. The molecule has 1 amide bonds. The van der Waals surface area contributed by atoms with Gasteiger partial charge in [0, 0.05) is 5.56 Å². The zero-order valence-electron chi connectivity index (χ0n) is 13.3. The van der Waals surface area contributed by atoms with Crippen LogP contribution in [0, 0.1) is 5.82 Å². The minimum absolute atomic E-state index is 0.141. The van der Waals surface area contributed by atoms with Gasteiger partial charge in [-0.05, 0) is 47.3 Å². The molecule has 0 atom stereocenters. The number of rotatable bonds is 2. The number of fused-ring (bicyclic) bond motifs is 2. The van der Waals surface area contributed by atoms with Gasteiger partial charge in [0.05, 0.1) is 10.2 Å². The summed E-state index contributed by atoms with van der Waals surface area (Å²) in [5.41, 5.74) is 1.21. The van der Waals surface area contributed by atoms with Crippen LogP contribution in [-0.2, 0) is 0 Å². The molecule has 0 saturated heterocycles. The molecule has 26 heavy (non-hydrogen) atoms. The van der Waals surface area contributed by atoms with Gasteiger partial charge in [-0.25, -0.2) is 9.37 Å². The van der Waals surface area contributed by atoms with Gasteiger partial charge in [0.2, 0.25) is 0 Å². The van der Waals surface area contributed by atoms with Crippen LogP contribution in [0.1, 0.15) is 10.4 Å². The average Bonchev–Trinajstić information content (AvgIpc) is 3.02. The van der Waals surface area contributed by atoms with E-state index in [1.54, 1.807) is 12.1 Å². The van der Waals surface area contributed by atoms with Gasteiger partial charge in [-0.2, -0.15) is 0 Å². The lowest BCUT2D eigenvalue weighted by atomic mass is 10.0. The first-order valence-corrected chi connectivity index (χ1v) is 8.99. The molecule has 0 spiro atoms. The topological polar surface area (TPSA) is 54.0 Å². The predicted octanol–water partition coefficient (Wildman–Crippen LogP) is 4.72. The molecule has 1 aromatic heterocycles. The van der Waals surface area contributed by atoms with Gasteiger partial charge < -0.3 is 5.32 Å². The lowest BCUT2D eigenvalue weighted by Gasteiger charge is -2.09. The minimum Gasteiger partial charge on any atom is -0.308 e. The Hall–Kier alpha value is -2.90. The maximum absolute atomic E-state index is 13.3. The molecule has 4 rings (SSSR count). The number of carbonyl (C=O) groups is 1. The van der Waals surface area contributed by atoms with E-state index in [0.29, 0.717) is 20.9 Å². The Kier molecular flexibility index (Phi) is 4.32. The fraction of sp³-hybridized carbons (Fsp3) is 0. The van der Waals surface area contributed by atoms with Gasteiger partial charge in [0.1, 0.15) is 5.82 Å². The SMILES string of the molecule is O=C(NC(=S)Nc1nc2ccc(F)cc2s1)c1cccc2ccccc12. The van der Waals surface area contributed by atoms with Crippen molar-refractivity contribution < 1.29 is 9.18 Å². The van der Waals surface area contributed by atoms with E-state index in [4.69, 9.17) is 12.2 Å². The number of nitrogens with one attached hydrogen (secondary N) is 2. The largest absolute Gasteiger partial charge is 0.308 e. The number of hydrogen-bond donors (Lipinski definition) is 2.